The highest BCUT2D eigenvalue weighted by Gasteiger charge is 2.31. The second-order valence-corrected chi connectivity index (χ2v) is 7.53. The number of carbonyl (C=O) groups excluding carboxylic acids is 1. The van der Waals surface area contributed by atoms with Crippen molar-refractivity contribution in [1.82, 2.24) is 19.8 Å². The molecule has 0 bridgehead atoms. The lowest BCUT2D eigenvalue weighted by Gasteiger charge is -2.36. The highest BCUT2D eigenvalue weighted by Crippen LogP contribution is 2.26. The largest absolute Gasteiger partial charge is 0.329 e. The standard InChI is InChI=1S/C17H17ClN4O2S/c18-12-3-1-2-11(8-12)14-10-19-4-5-21(14)15(23)13-9-20-17-22(16(13)24)6-7-25-17/h1-3,8-9,14,19H,4-7,10H2. The number of nitrogens with one attached hydrogen (secondary N) is 1. The molecule has 1 unspecified atom stereocenters. The van der Waals surface area contributed by atoms with Gasteiger partial charge in [-0.25, -0.2) is 4.98 Å². The number of thioether (sulfide) groups is 1. The number of fused-ring (bicyclic) bond motifs is 1. The summed E-state index contributed by atoms with van der Waals surface area (Å²) in [6.07, 6.45) is 1.42. The molecule has 2 aliphatic heterocycles. The Bertz CT molecular complexity index is 885. The van der Waals surface area contributed by atoms with Gasteiger partial charge in [-0.1, -0.05) is 35.5 Å². The molecule has 4 rings (SSSR count). The summed E-state index contributed by atoms with van der Waals surface area (Å²) >= 11 is 7.65. The minimum absolute atomic E-state index is 0.139. The normalized spacial score (nSPS) is 19.7. The lowest BCUT2D eigenvalue weighted by molar-refractivity contribution is 0.0631. The van der Waals surface area contributed by atoms with Crippen LogP contribution in [0.15, 0.2) is 40.4 Å². The molecule has 1 N–H and O–H groups in total. The average Bonchev–Trinajstić information content (AvgIpc) is 3.11. The Balaban J connectivity index is 1.69. The van der Waals surface area contributed by atoms with Gasteiger partial charge < -0.3 is 10.2 Å². The van der Waals surface area contributed by atoms with Crippen molar-refractivity contribution >= 4 is 29.3 Å². The van der Waals surface area contributed by atoms with E-state index in [1.54, 1.807) is 9.47 Å². The zero-order valence-corrected chi connectivity index (χ0v) is 15.0. The van der Waals surface area contributed by atoms with Crippen LogP contribution in [-0.4, -0.2) is 45.7 Å². The molecule has 1 atom stereocenters. The predicted molar refractivity (Wildman–Crippen MR) is 97.3 cm³/mol. The van der Waals surface area contributed by atoms with Gasteiger partial charge in [0.05, 0.1) is 6.04 Å². The summed E-state index contributed by atoms with van der Waals surface area (Å²) in [7, 11) is 0. The first kappa shape index (κ1) is 16.6. The molecule has 2 aromatic rings. The first-order valence-corrected chi connectivity index (χ1v) is 9.51. The Morgan fingerprint density at radius 1 is 1.36 bits per heavy atom. The molecule has 0 spiro atoms. The number of carbonyl (C=O) groups is 1. The van der Waals surface area contributed by atoms with Gasteiger partial charge in [0, 0.05) is 43.2 Å². The van der Waals surface area contributed by atoms with Crippen LogP contribution in [0.1, 0.15) is 22.0 Å². The zero-order chi connectivity index (χ0) is 17.4. The second-order valence-electron chi connectivity index (χ2n) is 6.03. The molecule has 0 saturated carbocycles. The molecular weight excluding hydrogens is 360 g/mol. The van der Waals surface area contributed by atoms with Crippen molar-refractivity contribution in [3.8, 4) is 0 Å². The predicted octanol–water partition coefficient (Wildman–Crippen LogP) is 1.79. The summed E-state index contributed by atoms with van der Waals surface area (Å²) in [6.45, 7) is 2.46. The molecule has 1 aromatic carbocycles. The van der Waals surface area contributed by atoms with E-state index < -0.39 is 0 Å². The number of nitrogens with zero attached hydrogens (tertiary/aromatic N) is 3. The van der Waals surface area contributed by atoms with E-state index in [9.17, 15) is 9.59 Å². The van der Waals surface area contributed by atoms with Crippen LogP contribution in [0, 0.1) is 0 Å². The Morgan fingerprint density at radius 2 is 2.24 bits per heavy atom. The number of halogens is 1. The van der Waals surface area contributed by atoms with Gasteiger partial charge in [0.15, 0.2) is 5.16 Å². The zero-order valence-electron chi connectivity index (χ0n) is 13.4. The molecular formula is C17H17ClN4O2S. The van der Waals surface area contributed by atoms with Gasteiger partial charge in [-0.05, 0) is 17.7 Å². The van der Waals surface area contributed by atoms with Crippen molar-refractivity contribution in [1.29, 1.82) is 0 Å². The van der Waals surface area contributed by atoms with E-state index in [0.717, 1.165) is 11.3 Å². The minimum atomic E-state index is -0.267. The molecule has 25 heavy (non-hydrogen) atoms. The lowest BCUT2D eigenvalue weighted by atomic mass is 10.0. The van der Waals surface area contributed by atoms with Crippen molar-refractivity contribution in [3.63, 3.8) is 0 Å². The third-order valence-corrected chi connectivity index (χ3v) is 5.73. The Kier molecular flexibility index (Phi) is 4.54. The van der Waals surface area contributed by atoms with Crippen LogP contribution in [-0.2, 0) is 6.54 Å². The molecule has 1 amide bonds. The number of aromatic nitrogens is 2. The average molecular weight is 377 g/mol. The van der Waals surface area contributed by atoms with Gasteiger partial charge in [-0.2, -0.15) is 0 Å². The fourth-order valence-corrected chi connectivity index (χ4v) is 4.39. The van der Waals surface area contributed by atoms with Crippen LogP contribution in [0.4, 0.5) is 0 Å². The fraction of sp³-hybridized carbons (Fsp3) is 0.353. The van der Waals surface area contributed by atoms with Crippen LogP contribution in [0.25, 0.3) is 0 Å². The number of rotatable bonds is 2. The van der Waals surface area contributed by atoms with Crippen molar-refractivity contribution in [2.45, 2.75) is 17.7 Å². The molecule has 1 fully saturated rings. The lowest BCUT2D eigenvalue weighted by Crippen LogP contribution is -2.50. The maximum absolute atomic E-state index is 13.1. The third kappa shape index (κ3) is 3.07. The summed E-state index contributed by atoms with van der Waals surface area (Å²) in [5, 5.41) is 4.63. The third-order valence-electron chi connectivity index (χ3n) is 4.52. The monoisotopic (exact) mass is 376 g/mol. The van der Waals surface area contributed by atoms with Crippen molar-refractivity contribution in [2.24, 2.45) is 0 Å². The van der Waals surface area contributed by atoms with Crippen LogP contribution >= 0.6 is 23.4 Å². The molecule has 3 heterocycles. The van der Waals surface area contributed by atoms with E-state index in [0.29, 0.717) is 36.4 Å². The minimum Gasteiger partial charge on any atom is -0.329 e. The van der Waals surface area contributed by atoms with Gasteiger partial charge in [0.2, 0.25) is 0 Å². The quantitative estimate of drug-likeness (QED) is 0.809. The molecule has 0 radical (unpaired) electrons. The van der Waals surface area contributed by atoms with Gasteiger partial charge in [0.25, 0.3) is 11.5 Å². The summed E-state index contributed by atoms with van der Waals surface area (Å²) in [5.41, 5.74) is 0.849. The van der Waals surface area contributed by atoms with Crippen molar-refractivity contribution in [3.05, 3.63) is 57.0 Å². The van der Waals surface area contributed by atoms with Crippen LogP contribution in [0.5, 0.6) is 0 Å². The SMILES string of the molecule is O=C(c1cnc2n(c1=O)CCS2)N1CCNCC1c1cccc(Cl)c1. The highest BCUT2D eigenvalue weighted by molar-refractivity contribution is 7.99. The highest BCUT2D eigenvalue weighted by atomic mass is 35.5. The number of hydrogen-bond acceptors (Lipinski definition) is 5. The smallest absolute Gasteiger partial charge is 0.267 e. The van der Waals surface area contributed by atoms with E-state index in [4.69, 9.17) is 11.6 Å². The fourth-order valence-electron chi connectivity index (χ4n) is 3.28. The van der Waals surface area contributed by atoms with Crippen LogP contribution in [0.3, 0.4) is 0 Å². The van der Waals surface area contributed by atoms with E-state index in [2.05, 4.69) is 10.3 Å². The van der Waals surface area contributed by atoms with Crippen molar-refractivity contribution in [2.75, 3.05) is 25.4 Å². The van der Waals surface area contributed by atoms with E-state index in [1.165, 1.54) is 18.0 Å². The number of amides is 1. The number of benzene rings is 1. The molecule has 8 heteroatoms. The van der Waals surface area contributed by atoms with E-state index in [1.807, 2.05) is 24.3 Å². The first-order chi connectivity index (χ1) is 12.1. The van der Waals surface area contributed by atoms with E-state index >= 15 is 0 Å². The summed E-state index contributed by atoms with van der Waals surface area (Å²) in [5.74, 6) is 0.551. The molecule has 0 aliphatic carbocycles. The second kappa shape index (κ2) is 6.82. The molecule has 130 valence electrons. The van der Waals surface area contributed by atoms with E-state index in [-0.39, 0.29) is 23.1 Å². The maximum Gasteiger partial charge on any atom is 0.267 e. The summed E-state index contributed by atoms with van der Waals surface area (Å²) < 4.78 is 1.59. The van der Waals surface area contributed by atoms with Gasteiger partial charge in [0.1, 0.15) is 5.56 Å². The number of piperazine rings is 1. The first-order valence-electron chi connectivity index (χ1n) is 8.15. The van der Waals surface area contributed by atoms with Crippen LogP contribution in [0.2, 0.25) is 5.02 Å². The molecule has 6 nitrogen and oxygen atoms in total. The van der Waals surface area contributed by atoms with Gasteiger partial charge in [-0.15, -0.1) is 0 Å². The van der Waals surface area contributed by atoms with Crippen molar-refractivity contribution < 1.29 is 4.79 Å². The van der Waals surface area contributed by atoms with Crippen LogP contribution < -0.4 is 10.9 Å². The summed E-state index contributed by atoms with van der Waals surface area (Å²) in [4.78, 5) is 31.8. The Labute approximate surface area is 154 Å². The topological polar surface area (TPSA) is 67.2 Å². The maximum atomic E-state index is 13.1. The molecule has 2 aliphatic rings. The molecule has 1 aromatic heterocycles. The van der Waals surface area contributed by atoms with Gasteiger partial charge in [-0.3, -0.25) is 14.2 Å². The van der Waals surface area contributed by atoms with Gasteiger partial charge >= 0.3 is 0 Å². The Morgan fingerprint density at radius 3 is 3.08 bits per heavy atom. The number of hydrogen-bond donors (Lipinski definition) is 1. The molecule has 1 saturated heterocycles. The Hall–Kier alpha value is -1.83. The summed E-state index contributed by atoms with van der Waals surface area (Å²) in [6, 6.07) is 7.34.